The lowest BCUT2D eigenvalue weighted by atomic mass is 10.3. The molecule has 0 fully saturated rings. The maximum Gasteiger partial charge on any atom is 0.441 e. The average molecular weight is 388 g/mol. The smallest absolute Gasteiger partial charge is 0.326 e. The third kappa shape index (κ3) is 3.83. The van der Waals surface area contributed by atoms with E-state index < -0.39 is 5.51 Å². The van der Waals surface area contributed by atoms with Gasteiger partial charge in [-0.25, -0.2) is 4.98 Å². The van der Waals surface area contributed by atoms with E-state index in [1.807, 2.05) is 18.2 Å². The Morgan fingerprint density at radius 2 is 2.15 bits per heavy atom. The number of hydrogen-bond acceptors (Lipinski definition) is 2. The maximum atomic E-state index is 12.2. The molecule has 8 heteroatoms. The molecule has 0 amide bonds. The quantitative estimate of drug-likeness (QED) is 0.658. The van der Waals surface area contributed by atoms with E-state index in [1.54, 1.807) is 11.5 Å². The zero-order valence-corrected chi connectivity index (χ0v) is 13.6. The van der Waals surface area contributed by atoms with Gasteiger partial charge in [0.25, 0.3) is 0 Å². The second-order valence-corrected chi connectivity index (χ2v) is 6.90. The summed E-state index contributed by atoms with van der Waals surface area (Å²) < 4.78 is 39.3. The molecule has 20 heavy (non-hydrogen) atoms. The fraction of sp³-hybridized carbons (Fsp3) is 0.417. The maximum absolute atomic E-state index is 12.2. The number of hydrogen-bond donors (Lipinski definition) is 0. The molecule has 1 heterocycles. The predicted molar refractivity (Wildman–Crippen MR) is 80.2 cm³/mol. The number of alkyl halides is 4. The molecule has 1 aromatic carbocycles. The van der Waals surface area contributed by atoms with Crippen molar-refractivity contribution in [2.45, 2.75) is 24.4 Å². The Morgan fingerprint density at radius 1 is 1.45 bits per heavy atom. The van der Waals surface area contributed by atoms with Crippen LogP contribution < -0.4 is 0 Å². The minimum absolute atomic E-state index is 0.0384. The van der Waals surface area contributed by atoms with Crippen LogP contribution in [0, 0.1) is 0 Å². The normalized spacial score (nSPS) is 13.9. The Balaban J connectivity index is 2.33. The highest BCUT2D eigenvalue weighted by molar-refractivity contribution is 9.10. The molecule has 110 valence electrons. The van der Waals surface area contributed by atoms with Crippen LogP contribution in [0.1, 0.15) is 18.1 Å². The second kappa shape index (κ2) is 6.15. The zero-order chi connectivity index (χ0) is 14.9. The Kier molecular flexibility index (Phi) is 4.92. The molecule has 2 rings (SSSR count). The van der Waals surface area contributed by atoms with Gasteiger partial charge in [0, 0.05) is 16.8 Å². The van der Waals surface area contributed by atoms with Crippen molar-refractivity contribution in [1.82, 2.24) is 9.55 Å². The number of imidazole rings is 1. The van der Waals surface area contributed by atoms with Crippen molar-refractivity contribution in [1.29, 1.82) is 0 Å². The van der Waals surface area contributed by atoms with Crippen molar-refractivity contribution in [3.05, 3.63) is 28.5 Å². The van der Waals surface area contributed by atoms with E-state index in [4.69, 9.17) is 11.6 Å². The summed E-state index contributed by atoms with van der Waals surface area (Å²) in [5, 5.41) is -0.364. The highest BCUT2D eigenvalue weighted by Crippen LogP contribution is 2.32. The van der Waals surface area contributed by atoms with Crippen LogP contribution in [0.3, 0.4) is 0 Å². The van der Waals surface area contributed by atoms with E-state index in [0.717, 1.165) is 15.5 Å². The first kappa shape index (κ1) is 16.0. The van der Waals surface area contributed by atoms with Crippen LogP contribution in [0.2, 0.25) is 0 Å². The molecular formula is C12H11BrClF3N2S. The molecule has 0 aliphatic heterocycles. The number of aromatic nitrogens is 2. The lowest BCUT2D eigenvalue weighted by Gasteiger charge is -2.11. The molecular weight excluding hydrogens is 377 g/mol. The van der Waals surface area contributed by atoms with Crippen molar-refractivity contribution >= 4 is 50.3 Å². The van der Waals surface area contributed by atoms with Crippen LogP contribution in [-0.4, -0.2) is 20.8 Å². The lowest BCUT2D eigenvalue weighted by Crippen LogP contribution is -2.10. The van der Waals surface area contributed by atoms with Crippen molar-refractivity contribution < 1.29 is 13.2 Å². The number of aryl methyl sites for hydroxylation is 1. The van der Waals surface area contributed by atoms with Crippen LogP contribution >= 0.6 is 39.3 Å². The van der Waals surface area contributed by atoms with Gasteiger partial charge in [-0.15, -0.1) is 11.6 Å². The summed E-state index contributed by atoms with van der Waals surface area (Å²) in [5.74, 6) is 0.514. The van der Waals surface area contributed by atoms with Gasteiger partial charge in [0.1, 0.15) is 5.82 Å². The number of fused-ring (bicyclic) bond motifs is 1. The molecule has 0 N–H and O–H groups in total. The Labute approximate surface area is 131 Å². The third-order valence-electron chi connectivity index (χ3n) is 2.68. The molecule has 0 saturated heterocycles. The van der Waals surface area contributed by atoms with Crippen molar-refractivity contribution in [2.75, 3.05) is 5.75 Å². The standard InChI is InChI=1S/C12H11BrClF3N2S/c1-7(14)11-18-9-3-2-8(13)6-10(9)19(11)4-5-20-12(15,16)17/h2-3,6-7H,4-5H2,1H3. The van der Waals surface area contributed by atoms with Gasteiger partial charge in [0.15, 0.2) is 0 Å². The van der Waals surface area contributed by atoms with Gasteiger partial charge in [-0.1, -0.05) is 15.9 Å². The van der Waals surface area contributed by atoms with E-state index in [9.17, 15) is 13.2 Å². The highest BCUT2D eigenvalue weighted by atomic mass is 79.9. The first-order valence-electron chi connectivity index (χ1n) is 5.78. The van der Waals surface area contributed by atoms with E-state index >= 15 is 0 Å². The summed E-state index contributed by atoms with van der Waals surface area (Å²) in [6, 6.07) is 5.49. The second-order valence-electron chi connectivity index (χ2n) is 4.16. The van der Waals surface area contributed by atoms with Gasteiger partial charge in [-0.2, -0.15) is 13.2 Å². The summed E-state index contributed by atoms with van der Waals surface area (Å²) in [6.07, 6.45) is 0. The topological polar surface area (TPSA) is 17.8 Å². The summed E-state index contributed by atoms with van der Waals surface area (Å²) in [5.41, 5.74) is -2.71. The van der Waals surface area contributed by atoms with Crippen LogP contribution in [0.25, 0.3) is 11.0 Å². The molecule has 1 aromatic heterocycles. The Hall–Kier alpha value is -0.400. The van der Waals surface area contributed by atoms with E-state index in [2.05, 4.69) is 20.9 Å². The first-order chi connectivity index (χ1) is 9.28. The van der Waals surface area contributed by atoms with Gasteiger partial charge in [-0.3, -0.25) is 0 Å². The number of nitrogens with zero attached hydrogens (tertiary/aromatic N) is 2. The van der Waals surface area contributed by atoms with E-state index in [-0.39, 0.29) is 29.4 Å². The molecule has 2 aromatic rings. The van der Waals surface area contributed by atoms with Crippen LogP contribution in [0.15, 0.2) is 22.7 Å². The predicted octanol–water partition coefficient (Wildman–Crippen LogP) is 5.35. The molecule has 0 saturated carbocycles. The van der Waals surface area contributed by atoms with Gasteiger partial charge in [0.2, 0.25) is 0 Å². The molecule has 0 aliphatic carbocycles. The summed E-state index contributed by atoms with van der Waals surface area (Å²) in [4.78, 5) is 4.39. The third-order valence-corrected chi connectivity index (χ3v) is 4.08. The van der Waals surface area contributed by atoms with Crippen molar-refractivity contribution in [3.63, 3.8) is 0 Å². The van der Waals surface area contributed by atoms with Gasteiger partial charge in [0.05, 0.1) is 16.4 Å². The number of halogens is 5. The monoisotopic (exact) mass is 386 g/mol. The largest absolute Gasteiger partial charge is 0.441 e. The summed E-state index contributed by atoms with van der Waals surface area (Å²) in [6.45, 7) is 1.97. The van der Waals surface area contributed by atoms with E-state index in [0.29, 0.717) is 5.82 Å². The molecule has 2 nitrogen and oxygen atoms in total. The SMILES string of the molecule is CC(Cl)c1nc2ccc(Br)cc2n1CCSC(F)(F)F. The summed E-state index contributed by atoms with van der Waals surface area (Å²) in [7, 11) is 0. The van der Waals surface area contributed by atoms with Gasteiger partial charge < -0.3 is 4.57 Å². The van der Waals surface area contributed by atoms with Crippen LogP contribution in [0.5, 0.6) is 0 Å². The number of thioether (sulfide) groups is 1. The van der Waals surface area contributed by atoms with Gasteiger partial charge in [-0.05, 0) is 36.9 Å². The number of benzene rings is 1. The fourth-order valence-corrected chi connectivity index (χ4v) is 2.93. The minimum Gasteiger partial charge on any atom is -0.326 e. The molecule has 0 radical (unpaired) electrons. The van der Waals surface area contributed by atoms with E-state index in [1.165, 1.54) is 0 Å². The summed E-state index contributed by atoms with van der Waals surface area (Å²) >= 11 is 9.38. The molecule has 0 spiro atoms. The average Bonchev–Trinajstić information content (AvgIpc) is 2.66. The fourth-order valence-electron chi connectivity index (χ4n) is 1.91. The Morgan fingerprint density at radius 3 is 2.75 bits per heavy atom. The van der Waals surface area contributed by atoms with Crippen LogP contribution in [0.4, 0.5) is 13.2 Å². The number of rotatable bonds is 4. The molecule has 0 aliphatic rings. The van der Waals surface area contributed by atoms with Crippen molar-refractivity contribution in [3.8, 4) is 0 Å². The molecule has 0 bridgehead atoms. The van der Waals surface area contributed by atoms with Crippen LogP contribution in [-0.2, 0) is 6.54 Å². The van der Waals surface area contributed by atoms with Gasteiger partial charge >= 0.3 is 5.51 Å². The zero-order valence-electron chi connectivity index (χ0n) is 10.4. The Bertz CT molecular complexity index is 613. The lowest BCUT2D eigenvalue weighted by molar-refractivity contribution is -0.0328. The molecule has 1 unspecified atom stereocenters. The first-order valence-corrected chi connectivity index (χ1v) is 8.00. The minimum atomic E-state index is -4.22. The van der Waals surface area contributed by atoms with Crippen molar-refractivity contribution in [2.24, 2.45) is 0 Å². The molecule has 1 atom stereocenters. The highest BCUT2D eigenvalue weighted by Gasteiger charge is 2.28.